The molecule has 11 saturated heterocycles. The van der Waals surface area contributed by atoms with Gasteiger partial charge in [0.2, 0.25) is 5.79 Å². The molecule has 0 saturated carbocycles. The summed E-state index contributed by atoms with van der Waals surface area (Å²) in [6.07, 6.45) is 3.91. The number of aliphatic hydroxyl groups excluding tert-OH is 1. The van der Waals surface area contributed by atoms with Crippen LogP contribution >= 0.6 is 0 Å². The van der Waals surface area contributed by atoms with Crippen molar-refractivity contribution in [2.75, 3.05) is 20.3 Å². The van der Waals surface area contributed by atoms with Crippen LogP contribution in [0.3, 0.4) is 0 Å². The molecule has 0 aromatic rings. The van der Waals surface area contributed by atoms with Crippen molar-refractivity contribution in [3.63, 3.8) is 0 Å². The lowest BCUT2D eigenvalue weighted by molar-refractivity contribution is -0.305. The maximum atomic E-state index is 14.2. The Morgan fingerprint density at radius 1 is 0.767 bits per heavy atom. The summed E-state index contributed by atoms with van der Waals surface area (Å²) in [7, 11) is 1.67. The van der Waals surface area contributed by atoms with Crippen LogP contribution in [0, 0.1) is 11.8 Å². The number of rotatable bonds is 6. The molecule has 11 aliphatic heterocycles. The minimum Gasteiger partial charge on any atom is -0.459 e. The first kappa shape index (κ1) is 42.2. The highest BCUT2D eigenvalue weighted by Crippen LogP contribution is 2.59. The fourth-order valence-electron chi connectivity index (χ4n) is 12.5. The smallest absolute Gasteiger partial charge is 0.308 e. The summed E-state index contributed by atoms with van der Waals surface area (Å²) in [6, 6.07) is 0. The molecule has 21 unspecified atom stereocenters. The van der Waals surface area contributed by atoms with Gasteiger partial charge in [-0.2, -0.15) is 0 Å². The molecule has 0 aromatic carbocycles. The summed E-state index contributed by atoms with van der Waals surface area (Å²) in [5.74, 6) is -2.37. The number of carbonyl (C=O) groups is 1. The average molecular weight is 843 g/mol. The molecule has 0 aliphatic carbocycles. The molecule has 12 bridgehead atoms. The zero-order valence-corrected chi connectivity index (χ0v) is 35.5. The lowest BCUT2D eigenvalue weighted by Crippen LogP contribution is -2.62. The first-order valence-corrected chi connectivity index (χ1v) is 22.9. The van der Waals surface area contributed by atoms with Crippen LogP contribution < -0.4 is 0 Å². The van der Waals surface area contributed by atoms with Crippen LogP contribution in [-0.2, 0) is 61.6 Å². The summed E-state index contributed by atoms with van der Waals surface area (Å²) in [4.78, 5) is 14.2. The van der Waals surface area contributed by atoms with E-state index in [-0.39, 0.29) is 91.9 Å². The third kappa shape index (κ3) is 7.49. The zero-order valence-electron chi connectivity index (χ0n) is 35.5. The van der Waals surface area contributed by atoms with Gasteiger partial charge in [0.25, 0.3) is 0 Å². The molecule has 1 N–H and O–H groups in total. The lowest BCUT2D eigenvalue weighted by Gasteiger charge is -2.51. The van der Waals surface area contributed by atoms with Crippen LogP contribution in [0.2, 0.25) is 0 Å². The summed E-state index contributed by atoms with van der Waals surface area (Å²) in [5.41, 5.74) is 2.13. The van der Waals surface area contributed by atoms with E-state index in [4.69, 9.17) is 56.8 Å². The second-order valence-electron chi connectivity index (χ2n) is 19.5. The molecule has 11 rings (SSSR count). The number of ether oxygens (including phenoxy) is 12. The van der Waals surface area contributed by atoms with Crippen molar-refractivity contribution in [2.45, 2.75) is 213 Å². The quantitative estimate of drug-likeness (QED) is 0.289. The van der Waals surface area contributed by atoms with Gasteiger partial charge in [0, 0.05) is 38.9 Å². The number of hydrogen-bond acceptors (Lipinski definition) is 14. The molecule has 21 atom stereocenters. The highest BCUT2D eigenvalue weighted by atomic mass is 16.8. The van der Waals surface area contributed by atoms with Crippen LogP contribution in [-0.4, -0.2) is 147 Å². The fourth-order valence-corrected chi connectivity index (χ4v) is 12.5. The molecule has 0 radical (unpaired) electrons. The van der Waals surface area contributed by atoms with E-state index in [1.54, 1.807) is 13.2 Å². The number of carbonyl (C=O) groups excluding carboxylic acids is 1. The summed E-state index contributed by atoms with van der Waals surface area (Å²) >= 11 is 0. The normalized spacial score (nSPS) is 52.5. The Bertz CT molecular complexity index is 1640. The van der Waals surface area contributed by atoms with Crippen molar-refractivity contribution in [3.05, 3.63) is 37.0 Å². The van der Waals surface area contributed by atoms with Gasteiger partial charge < -0.3 is 61.9 Å². The highest BCUT2D eigenvalue weighted by Gasteiger charge is 2.75. The van der Waals surface area contributed by atoms with Gasteiger partial charge in [0.05, 0.1) is 86.6 Å². The minimum atomic E-state index is -1.04. The molecule has 11 aliphatic rings. The van der Waals surface area contributed by atoms with E-state index in [9.17, 15) is 9.90 Å². The van der Waals surface area contributed by atoms with Gasteiger partial charge in [0.15, 0.2) is 5.79 Å². The first-order chi connectivity index (χ1) is 29.0. The number of esters is 1. The molecule has 0 aromatic heterocycles. The third-order valence-electron chi connectivity index (χ3n) is 15.6. The van der Waals surface area contributed by atoms with E-state index in [0.29, 0.717) is 58.0 Å². The van der Waals surface area contributed by atoms with Gasteiger partial charge in [0.1, 0.15) is 36.6 Å². The molecule has 0 amide bonds. The maximum Gasteiger partial charge on any atom is 0.308 e. The predicted molar refractivity (Wildman–Crippen MR) is 213 cm³/mol. The first-order valence-electron chi connectivity index (χ1n) is 22.9. The van der Waals surface area contributed by atoms with E-state index < -0.39 is 54.3 Å². The van der Waals surface area contributed by atoms with Crippen LogP contribution in [0.5, 0.6) is 0 Å². The molecule has 60 heavy (non-hydrogen) atoms. The monoisotopic (exact) mass is 842 g/mol. The van der Waals surface area contributed by atoms with Gasteiger partial charge in [-0.3, -0.25) is 4.79 Å². The fraction of sp³-hybridized carbons (Fsp3) is 0.848. The Labute approximate surface area is 353 Å². The van der Waals surface area contributed by atoms with Crippen LogP contribution in [0.4, 0.5) is 0 Å². The second-order valence-corrected chi connectivity index (χ2v) is 19.5. The Balaban J connectivity index is 0.945. The van der Waals surface area contributed by atoms with E-state index >= 15 is 0 Å². The average Bonchev–Trinajstić information content (AvgIpc) is 3.78. The lowest BCUT2D eigenvalue weighted by atomic mass is 9.79. The minimum absolute atomic E-state index is 0.00385. The maximum absolute atomic E-state index is 14.2. The topological polar surface area (TPSA) is 148 Å². The van der Waals surface area contributed by atoms with Gasteiger partial charge in [-0.05, 0) is 68.4 Å². The van der Waals surface area contributed by atoms with Crippen molar-refractivity contribution in [1.29, 1.82) is 0 Å². The molecular weight excluding hydrogens is 776 g/mol. The molecule has 334 valence electrons. The highest BCUT2D eigenvalue weighted by molar-refractivity contribution is 5.70. The molecule has 14 nitrogen and oxygen atoms in total. The van der Waals surface area contributed by atoms with E-state index in [1.807, 2.05) is 0 Å². The van der Waals surface area contributed by atoms with Gasteiger partial charge in [-0.1, -0.05) is 33.1 Å². The zero-order chi connectivity index (χ0) is 41.5. The van der Waals surface area contributed by atoms with E-state index in [0.717, 1.165) is 36.8 Å². The summed E-state index contributed by atoms with van der Waals surface area (Å²) in [6.45, 7) is 17.4. The Kier molecular flexibility index (Phi) is 11.7. The molecule has 11 heterocycles. The number of hydrogen-bond donors (Lipinski definition) is 1. The molecular formula is C46H66O14. The third-order valence-corrected chi connectivity index (χ3v) is 15.6. The summed E-state index contributed by atoms with van der Waals surface area (Å²) in [5, 5.41) is 9.86. The Morgan fingerprint density at radius 2 is 1.55 bits per heavy atom. The van der Waals surface area contributed by atoms with Crippen molar-refractivity contribution < 1.29 is 66.7 Å². The summed E-state index contributed by atoms with van der Waals surface area (Å²) < 4.78 is 80.5. The number of methoxy groups -OCH3 is 1. The van der Waals surface area contributed by atoms with Crippen molar-refractivity contribution in [1.82, 2.24) is 0 Å². The largest absolute Gasteiger partial charge is 0.459 e. The Morgan fingerprint density at radius 3 is 2.37 bits per heavy atom. The second kappa shape index (κ2) is 16.6. The van der Waals surface area contributed by atoms with Crippen molar-refractivity contribution in [3.8, 4) is 0 Å². The van der Waals surface area contributed by atoms with Crippen LogP contribution in [0.25, 0.3) is 0 Å². The van der Waals surface area contributed by atoms with Gasteiger partial charge >= 0.3 is 5.97 Å². The van der Waals surface area contributed by atoms with Crippen molar-refractivity contribution >= 4 is 5.97 Å². The molecule has 11 fully saturated rings. The predicted octanol–water partition coefficient (Wildman–Crippen LogP) is 4.77. The van der Waals surface area contributed by atoms with Gasteiger partial charge in [-0.25, -0.2) is 0 Å². The van der Waals surface area contributed by atoms with Gasteiger partial charge in [-0.15, -0.1) is 6.58 Å². The SMILES string of the molecule is C=CCOC12CC34CCC5CC(=C)C(CCC6CC(C)C(=C)C(CC7OC8CC(OC)C(CCO)OC8C(C)C7OC(=O)CC7CCC8OC(C(O1)C(O3)C8O7)C2O4)O6)O5. The molecule has 1 spiro atoms. The number of aliphatic hydroxyl groups is 1. The van der Waals surface area contributed by atoms with E-state index in [1.165, 1.54) is 0 Å². The number of fused-ring (bicyclic) bond motifs is 7. The van der Waals surface area contributed by atoms with E-state index in [2.05, 4.69) is 33.6 Å². The standard InChI is InChI=1S/C46H66O14/c1-7-16-50-46-22-45-14-12-29-18-24(3)30(51-29)10-8-27-17-23(2)25(4)33(52-27)20-35-39(26(5)38-36(54-35)21-34(49-6)31(55-38)13-15-47)57-37(48)19-28-9-11-32-40(53-28)41(58-45)42(59-46)43(56-32)44(46)60-45/h7,23,26-36,38-44,47H,1,3-4,8-22H2,2,5-6H3. The van der Waals surface area contributed by atoms with Crippen LogP contribution in [0.1, 0.15) is 97.3 Å². The Hall–Kier alpha value is -1.79. The van der Waals surface area contributed by atoms with Crippen molar-refractivity contribution in [2.24, 2.45) is 11.8 Å². The van der Waals surface area contributed by atoms with Crippen LogP contribution in [0.15, 0.2) is 37.0 Å². The molecule has 14 heteroatoms.